The smallest absolute Gasteiger partial charge is 0.306 e. The number of allylic oxidation sites excluding steroid dienone is 6. The summed E-state index contributed by atoms with van der Waals surface area (Å²) < 4.78 is 17.3. The number of nitrogens with zero attached hydrogens (tertiary/aromatic N) is 1. The van der Waals surface area contributed by atoms with E-state index in [1.807, 2.05) is 21.1 Å². The molecule has 2 unspecified atom stereocenters. The topological polar surface area (TPSA) is 102 Å². The molecule has 0 saturated heterocycles. The molecule has 2 atom stereocenters. The lowest BCUT2D eigenvalue weighted by molar-refractivity contribution is -0.889. The number of carbonyl (C=O) groups excluding carboxylic acids is 3. The first-order chi connectivity index (χ1) is 33.1. The first kappa shape index (κ1) is 65.5. The number of unbranched alkanes of at least 4 members (excludes halogenated alkanes) is 33. The number of quaternary nitrogens is 1. The Labute approximate surface area is 421 Å². The van der Waals surface area contributed by atoms with Crippen LogP contribution < -0.4 is 5.11 Å². The van der Waals surface area contributed by atoms with Gasteiger partial charge in [0.1, 0.15) is 12.6 Å². The fourth-order valence-corrected chi connectivity index (χ4v) is 8.81. The minimum Gasteiger partial charge on any atom is -0.544 e. The highest BCUT2D eigenvalue weighted by atomic mass is 16.6. The van der Waals surface area contributed by atoms with Gasteiger partial charge < -0.3 is 28.6 Å². The van der Waals surface area contributed by atoms with Gasteiger partial charge in [0.05, 0.1) is 40.3 Å². The number of hydrogen-bond donors (Lipinski definition) is 0. The highest BCUT2D eigenvalue weighted by molar-refractivity contribution is 5.70. The minimum atomic E-state index is -1.12. The molecule has 0 saturated carbocycles. The Balaban J connectivity index is 4.14. The summed E-state index contributed by atoms with van der Waals surface area (Å²) in [7, 11) is 5.43. The number of carboxylic acid groups (broad SMARTS) is 1. The largest absolute Gasteiger partial charge is 0.544 e. The maximum Gasteiger partial charge on any atom is 0.306 e. The minimum absolute atomic E-state index is 0.0423. The van der Waals surface area contributed by atoms with E-state index in [2.05, 4.69) is 50.3 Å². The molecule has 0 aromatic carbocycles. The highest BCUT2D eigenvalue weighted by Gasteiger charge is 2.25. The summed E-state index contributed by atoms with van der Waals surface area (Å²) in [5, 5.41) is 11.7. The predicted molar refractivity (Wildman–Crippen MR) is 287 cm³/mol. The molecule has 0 rings (SSSR count). The molecule has 0 aliphatic carbocycles. The van der Waals surface area contributed by atoms with Crippen LogP contribution in [-0.4, -0.2) is 75.5 Å². The average molecular weight is 959 g/mol. The van der Waals surface area contributed by atoms with Crippen molar-refractivity contribution in [3.05, 3.63) is 36.5 Å². The van der Waals surface area contributed by atoms with E-state index in [1.54, 1.807) is 0 Å². The van der Waals surface area contributed by atoms with Crippen molar-refractivity contribution < 1.29 is 38.2 Å². The molecular weight excluding hydrogens is 847 g/mol. The van der Waals surface area contributed by atoms with Crippen molar-refractivity contribution in [1.82, 2.24) is 0 Å². The number of aliphatic carboxylic acids is 1. The van der Waals surface area contributed by atoms with Gasteiger partial charge in [-0.2, -0.15) is 0 Å². The summed E-state index contributed by atoms with van der Waals surface area (Å²) in [5.74, 6) is -1.72. The van der Waals surface area contributed by atoms with Crippen molar-refractivity contribution in [3.8, 4) is 0 Å². The molecule has 0 N–H and O–H groups in total. The lowest BCUT2D eigenvalue weighted by atomic mass is 10.0. The van der Waals surface area contributed by atoms with Crippen molar-refractivity contribution in [2.45, 2.75) is 289 Å². The normalized spacial score (nSPS) is 13.0. The second kappa shape index (κ2) is 50.9. The van der Waals surface area contributed by atoms with E-state index in [9.17, 15) is 19.5 Å². The van der Waals surface area contributed by atoms with Crippen LogP contribution in [0.3, 0.4) is 0 Å². The third-order valence-corrected chi connectivity index (χ3v) is 13.3. The molecule has 0 fully saturated rings. The molecule has 0 bridgehead atoms. The number of esters is 2. The van der Waals surface area contributed by atoms with E-state index in [0.29, 0.717) is 12.8 Å². The van der Waals surface area contributed by atoms with Crippen LogP contribution in [0.25, 0.3) is 0 Å². The summed E-state index contributed by atoms with van der Waals surface area (Å²) in [6.45, 7) is 4.61. The average Bonchev–Trinajstić information content (AvgIpc) is 3.30. The second-order valence-electron chi connectivity index (χ2n) is 20.8. The molecule has 0 amide bonds. The monoisotopic (exact) mass is 958 g/mol. The van der Waals surface area contributed by atoms with E-state index in [-0.39, 0.29) is 42.7 Å². The summed E-state index contributed by atoms with van der Waals surface area (Å²) in [6, 6.07) is -0.726. The Morgan fingerprint density at radius 3 is 1.22 bits per heavy atom. The number of likely N-dealkylation sites (N-methyl/N-ethyl adjacent to an activating group) is 1. The Kier molecular flexibility index (Phi) is 49.1. The van der Waals surface area contributed by atoms with Crippen LogP contribution >= 0.6 is 0 Å². The van der Waals surface area contributed by atoms with Gasteiger partial charge >= 0.3 is 11.9 Å². The van der Waals surface area contributed by atoms with Crippen molar-refractivity contribution >= 4 is 17.9 Å². The summed E-state index contributed by atoms with van der Waals surface area (Å²) in [4.78, 5) is 37.2. The van der Waals surface area contributed by atoms with Gasteiger partial charge in [0.15, 0.2) is 6.10 Å². The Hall–Kier alpha value is -2.45. The molecular formula is C60H111NO7. The lowest BCUT2D eigenvalue weighted by Crippen LogP contribution is -2.55. The first-order valence-corrected chi connectivity index (χ1v) is 29.0. The van der Waals surface area contributed by atoms with E-state index in [0.717, 1.165) is 51.4 Å². The molecule has 8 nitrogen and oxygen atoms in total. The van der Waals surface area contributed by atoms with Gasteiger partial charge in [-0.05, 0) is 64.2 Å². The van der Waals surface area contributed by atoms with Crippen LogP contribution in [0.15, 0.2) is 36.5 Å². The zero-order valence-electron chi connectivity index (χ0n) is 45.5. The Bertz CT molecular complexity index is 1210. The molecule has 0 aliphatic rings. The maximum absolute atomic E-state index is 12.8. The van der Waals surface area contributed by atoms with Crippen LogP contribution in [0.2, 0.25) is 0 Å². The Morgan fingerprint density at radius 1 is 0.456 bits per heavy atom. The maximum atomic E-state index is 12.8. The SMILES string of the molecule is CC/C=C/C/C=C/CCCCCCCCCCCCCCCCC(=O)OC(COCCC(C(=O)[O-])[N+](C)(C)C)COC(=O)CCCCCCCCC/C=C/CCCCCCCCCCCCCC. The molecule has 8 heteroatoms. The van der Waals surface area contributed by atoms with E-state index < -0.39 is 18.1 Å². The van der Waals surface area contributed by atoms with Crippen LogP contribution in [-0.2, 0) is 28.6 Å². The van der Waals surface area contributed by atoms with Crippen molar-refractivity contribution in [2.75, 3.05) is 41.0 Å². The van der Waals surface area contributed by atoms with Gasteiger partial charge in [-0.25, -0.2) is 0 Å². The van der Waals surface area contributed by atoms with Crippen LogP contribution in [0, 0.1) is 0 Å². The quantitative estimate of drug-likeness (QED) is 0.0259. The summed E-state index contributed by atoms with van der Waals surface area (Å²) >= 11 is 0. The fraction of sp³-hybridized carbons (Fsp3) is 0.850. The van der Waals surface area contributed by atoms with Crippen LogP contribution in [0.1, 0.15) is 277 Å². The molecule has 0 spiro atoms. The van der Waals surface area contributed by atoms with Crippen LogP contribution in [0.4, 0.5) is 0 Å². The predicted octanol–water partition coefficient (Wildman–Crippen LogP) is 16.0. The van der Waals surface area contributed by atoms with E-state index >= 15 is 0 Å². The number of hydrogen-bond acceptors (Lipinski definition) is 7. The lowest BCUT2D eigenvalue weighted by Gasteiger charge is -2.34. The van der Waals surface area contributed by atoms with Gasteiger partial charge in [-0.15, -0.1) is 0 Å². The van der Waals surface area contributed by atoms with Crippen molar-refractivity contribution in [2.24, 2.45) is 0 Å². The molecule has 0 aromatic rings. The highest BCUT2D eigenvalue weighted by Crippen LogP contribution is 2.17. The van der Waals surface area contributed by atoms with Crippen LogP contribution in [0.5, 0.6) is 0 Å². The van der Waals surface area contributed by atoms with Gasteiger partial charge in [0, 0.05) is 19.3 Å². The standard InChI is InChI=1S/C60H111NO7/c1-6-8-10-12-14-16-18-20-22-24-26-28-29-31-32-34-36-38-40-42-44-46-48-50-58(62)67-55-56(54-66-53-52-57(60(64)65)61(3,4)5)68-59(63)51-49-47-45-43-41-39-37-35-33-30-27-25-23-21-19-17-15-13-11-9-7-2/h9,11,15,17,31-32,56-57H,6-8,10,12-14,16,18-30,33-55H2,1-5H3/b11-9+,17-15+,32-31+. The van der Waals surface area contributed by atoms with Crippen molar-refractivity contribution in [1.29, 1.82) is 0 Å². The van der Waals surface area contributed by atoms with Gasteiger partial charge in [0.25, 0.3) is 0 Å². The van der Waals surface area contributed by atoms with Gasteiger partial charge in [0.2, 0.25) is 0 Å². The van der Waals surface area contributed by atoms with Gasteiger partial charge in [-0.3, -0.25) is 9.59 Å². The van der Waals surface area contributed by atoms with Gasteiger partial charge in [-0.1, -0.05) is 230 Å². The molecule has 0 aromatic heterocycles. The van der Waals surface area contributed by atoms with Crippen molar-refractivity contribution in [3.63, 3.8) is 0 Å². The number of carbonyl (C=O) groups is 3. The zero-order chi connectivity index (χ0) is 49.9. The number of carboxylic acids is 1. The summed E-state index contributed by atoms with van der Waals surface area (Å²) in [5.41, 5.74) is 0. The molecule has 68 heavy (non-hydrogen) atoms. The fourth-order valence-electron chi connectivity index (χ4n) is 8.81. The molecule has 0 aliphatic heterocycles. The summed E-state index contributed by atoms with van der Waals surface area (Å²) in [6.07, 6.45) is 61.9. The molecule has 0 radical (unpaired) electrons. The first-order valence-electron chi connectivity index (χ1n) is 29.0. The molecule has 0 heterocycles. The molecule has 398 valence electrons. The number of rotatable bonds is 53. The number of ether oxygens (including phenoxy) is 3. The third kappa shape index (κ3) is 48.6. The zero-order valence-corrected chi connectivity index (χ0v) is 45.5. The second-order valence-corrected chi connectivity index (χ2v) is 20.8. The third-order valence-electron chi connectivity index (χ3n) is 13.3. The van der Waals surface area contributed by atoms with E-state index in [1.165, 1.54) is 193 Å². The van der Waals surface area contributed by atoms with E-state index in [4.69, 9.17) is 14.2 Å². The Morgan fingerprint density at radius 2 is 0.824 bits per heavy atom.